The van der Waals surface area contributed by atoms with Gasteiger partial charge in [-0.25, -0.2) is 0 Å². The second-order valence-electron chi connectivity index (χ2n) is 5.25. The van der Waals surface area contributed by atoms with Gasteiger partial charge in [0.25, 0.3) is 0 Å². The molecule has 0 bridgehead atoms. The molecule has 1 heterocycles. The molecule has 0 aliphatic heterocycles. The monoisotopic (exact) mass is 276 g/mol. The molecular weight excluding hydrogens is 260 g/mol. The summed E-state index contributed by atoms with van der Waals surface area (Å²) in [6, 6.07) is 7.77. The molecule has 1 aliphatic rings. The first-order chi connectivity index (χ1) is 9.26. The van der Waals surface area contributed by atoms with Gasteiger partial charge in [-0.05, 0) is 36.5 Å². The van der Waals surface area contributed by atoms with Crippen molar-refractivity contribution in [1.29, 1.82) is 0 Å². The Kier molecular flexibility index (Phi) is 3.56. The summed E-state index contributed by atoms with van der Waals surface area (Å²) in [6.07, 6.45) is 4.36. The van der Waals surface area contributed by atoms with Crippen molar-refractivity contribution < 1.29 is 4.52 Å². The predicted octanol–water partition coefficient (Wildman–Crippen LogP) is 4.22. The van der Waals surface area contributed by atoms with Gasteiger partial charge in [0.05, 0.1) is 0 Å². The van der Waals surface area contributed by atoms with Crippen LogP contribution in [-0.4, -0.2) is 10.1 Å². The fraction of sp³-hybridized carbons (Fsp3) is 0.467. The van der Waals surface area contributed by atoms with Crippen molar-refractivity contribution in [3.8, 4) is 0 Å². The molecule has 0 unspecified atom stereocenters. The lowest BCUT2D eigenvalue weighted by molar-refractivity contribution is 0.370. The molecular formula is C15H17ClN2O. The fourth-order valence-corrected chi connectivity index (χ4v) is 2.77. The minimum atomic E-state index is 0.501. The molecule has 1 aromatic carbocycles. The van der Waals surface area contributed by atoms with E-state index in [1.165, 1.54) is 19.3 Å². The third-order valence-corrected chi connectivity index (χ3v) is 3.87. The van der Waals surface area contributed by atoms with Crippen molar-refractivity contribution in [1.82, 2.24) is 10.1 Å². The predicted molar refractivity (Wildman–Crippen MR) is 74.3 cm³/mol. The number of benzene rings is 1. The highest BCUT2D eigenvalue weighted by Gasteiger charge is 2.41. The van der Waals surface area contributed by atoms with E-state index in [1.54, 1.807) is 0 Å². The normalized spacial score (nSPS) is 21.6. The van der Waals surface area contributed by atoms with E-state index < -0.39 is 0 Å². The molecule has 0 amide bonds. The molecule has 0 spiro atoms. The Labute approximate surface area is 118 Å². The molecule has 0 N–H and O–H groups in total. The van der Waals surface area contributed by atoms with Crippen molar-refractivity contribution in [2.45, 2.75) is 38.5 Å². The number of aromatic nitrogens is 2. The summed E-state index contributed by atoms with van der Waals surface area (Å²) in [5.74, 6) is 2.82. The van der Waals surface area contributed by atoms with Crippen LogP contribution in [0, 0.1) is 5.92 Å². The van der Waals surface area contributed by atoms with Crippen LogP contribution in [0.2, 0.25) is 5.02 Å². The van der Waals surface area contributed by atoms with Crippen LogP contribution in [0.3, 0.4) is 0 Å². The van der Waals surface area contributed by atoms with Crippen LogP contribution in [0.1, 0.15) is 49.4 Å². The Hall–Kier alpha value is -1.35. The van der Waals surface area contributed by atoms with Crippen molar-refractivity contribution >= 4 is 11.6 Å². The van der Waals surface area contributed by atoms with Crippen LogP contribution in [0.25, 0.3) is 0 Å². The summed E-state index contributed by atoms with van der Waals surface area (Å²) in [5, 5.41) is 4.81. The van der Waals surface area contributed by atoms with Gasteiger partial charge >= 0.3 is 0 Å². The SMILES string of the molecule is CCC[C@@H]1C[C@H]1c1nc(Cc2cccc(Cl)c2)no1. The first-order valence-corrected chi connectivity index (χ1v) is 7.21. The van der Waals surface area contributed by atoms with E-state index in [1.807, 2.05) is 24.3 Å². The van der Waals surface area contributed by atoms with Crippen LogP contribution in [0.15, 0.2) is 28.8 Å². The molecule has 2 aromatic rings. The largest absolute Gasteiger partial charge is 0.339 e. The molecule has 1 saturated carbocycles. The van der Waals surface area contributed by atoms with Crippen LogP contribution in [-0.2, 0) is 6.42 Å². The molecule has 1 aliphatic carbocycles. The topological polar surface area (TPSA) is 38.9 Å². The number of hydrogen-bond donors (Lipinski definition) is 0. The van der Waals surface area contributed by atoms with Crippen LogP contribution in [0.5, 0.6) is 0 Å². The van der Waals surface area contributed by atoms with E-state index in [0.717, 1.165) is 28.2 Å². The Morgan fingerprint density at radius 1 is 1.42 bits per heavy atom. The van der Waals surface area contributed by atoms with Crippen LogP contribution in [0.4, 0.5) is 0 Å². The van der Waals surface area contributed by atoms with Gasteiger partial charge in [-0.1, -0.05) is 42.2 Å². The van der Waals surface area contributed by atoms with Crippen molar-refractivity contribution in [2.24, 2.45) is 5.92 Å². The number of hydrogen-bond acceptors (Lipinski definition) is 3. The molecule has 19 heavy (non-hydrogen) atoms. The summed E-state index contributed by atoms with van der Waals surface area (Å²) < 4.78 is 5.37. The van der Waals surface area contributed by atoms with E-state index >= 15 is 0 Å². The molecule has 1 aromatic heterocycles. The average molecular weight is 277 g/mol. The number of halogens is 1. The lowest BCUT2D eigenvalue weighted by Gasteiger charge is -1.96. The minimum absolute atomic E-state index is 0.501. The number of rotatable bonds is 5. The zero-order chi connectivity index (χ0) is 13.2. The maximum Gasteiger partial charge on any atom is 0.230 e. The zero-order valence-corrected chi connectivity index (χ0v) is 11.7. The first kappa shape index (κ1) is 12.7. The molecule has 2 atom stereocenters. The smallest absolute Gasteiger partial charge is 0.230 e. The quantitative estimate of drug-likeness (QED) is 0.821. The van der Waals surface area contributed by atoms with E-state index in [4.69, 9.17) is 16.1 Å². The zero-order valence-electron chi connectivity index (χ0n) is 11.0. The molecule has 4 heteroatoms. The third-order valence-electron chi connectivity index (χ3n) is 3.63. The van der Waals surface area contributed by atoms with Gasteiger partial charge in [0.15, 0.2) is 5.82 Å². The molecule has 0 radical (unpaired) electrons. The van der Waals surface area contributed by atoms with Crippen molar-refractivity contribution in [2.75, 3.05) is 0 Å². The Morgan fingerprint density at radius 2 is 2.32 bits per heavy atom. The van der Waals surface area contributed by atoms with Gasteiger partial charge in [-0.3, -0.25) is 0 Å². The van der Waals surface area contributed by atoms with E-state index in [9.17, 15) is 0 Å². The van der Waals surface area contributed by atoms with Gasteiger partial charge in [0, 0.05) is 17.4 Å². The fourth-order valence-electron chi connectivity index (χ4n) is 2.56. The van der Waals surface area contributed by atoms with Crippen molar-refractivity contribution in [3.05, 3.63) is 46.6 Å². The van der Waals surface area contributed by atoms with E-state index in [2.05, 4.69) is 17.1 Å². The summed E-state index contributed by atoms with van der Waals surface area (Å²) >= 11 is 5.97. The molecule has 3 nitrogen and oxygen atoms in total. The van der Waals surface area contributed by atoms with Crippen LogP contribution < -0.4 is 0 Å². The van der Waals surface area contributed by atoms with Gasteiger partial charge in [0.1, 0.15) is 0 Å². The summed E-state index contributed by atoms with van der Waals surface area (Å²) in [6.45, 7) is 2.22. The maximum absolute atomic E-state index is 5.97. The second-order valence-corrected chi connectivity index (χ2v) is 5.68. The van der Waals surface area contributed by atoms with E-state index in [-0.39, 0.29) is 0 Å². The highest BCUT2D eigenvalue weighted by molar-refractivity contribution is 6.30. The van der Waals surface area contributed by atoms with Gasteiger partial charge in [-0.15, -0.1) is 0 Å². The molecule has 3 rings (SSSR count). The molecule has 1 fully saturated rings. The Bertz CT molecular complexity index is 567. The highest BCUT2D eigenvalue weighted by atomic mass is 35.5. The van der Waals surface area contributed by atoms with Gasteiger partial charge in [0.2, 0.25) is 5.89 Å². The maximum atomic E-state index is 5.97. The summed E-state index contributed by atoms with van der Waals surface area (Å²) in [4.78, 5) is 4.51. The summed E-state index contributed by atoms with van der Waals surface area (Å²) in [7, 11) is 0. The highest BCUT2D eigenvalue weighted by Crippen LogP contribution is 2.49. The number of nitrogens with zero attached hydrogens (tertiary/aromatic N) is 2. The third kappa shape index (κ3) is 2.98. The molecule has 0 saturated heterocycles. The second kappa shape index (κ2) is 5.33. The lowest BCUT2D eigenvalue weighted by atomic mass is 10.1. The Morgan fingerprint density at radius 3 is 3.11 bits per heavy atom. The van der Waals surface area contributed by atoms with Gasteiger partial charge in [-0.2, -0.15) is 4.98 Å². The summed E-state index contributed by atoms with van der Waals surface area (Å²) in [5.41, 5.74) is 1.11. The van der Waals surface area contributed by atoms with E-state index in [0.29, 0.717) is 12.3 Å². The van der Waals surface area contributed by atoms with Crippen molar-refractivity contribution in [3.63, 3.8) is 0 Å². The van der Waals surface area contributed by atoms with Gasteiger partial charge < -0.3 is 4.52 Å². The minimum Gasteiger partial charge on any atom is -0.339 e. The molecule has 100 valence electrons. The lowest BCUT2D eigenvalue weighted by Crippen LogP contribution is -1.91. The van der Waals surface area contributed by atoms with Crippen LogP contribution >= 0.6 is 11.6 Å². The standard InChI is InChI=1S/C15H17ClN2O/c1-2-4-11-9-13(11)15-17-14(18-19-15)8-10-5-3-6-12(16)7-10/h3,5-7,11,13H,2,4,8-9H2,1H3/t11-,13-/m1/s1. The average Bonchev–Trinajstić information content (AvgIpc) is 2.99. The first-order valence-electron chi connectivity index (χ1n) is 6.83. The Balaban J connectivity index is 1.66.